The maximum absolute atomic E-state index is 11.8. The van der Waals surface area contributed by atoms with Gasteiger partial charge < -0.3 is 10.4 Å². The number of carbonyl (C=O) groups is 1. The van der Waals surface area contributed by atoms with Crippen molar-refractivity contribution < 1.29 is 9.90 Å². The summed E-state index contributed by atoms with van der Waals surface area (Å²) in [4.78, 5) is 16.0. The van der Waals surface area contributed by atoms with E-state index >= 15 is 0 Å². The Morgan fingerprint density at radius 2 is 2.28 bits per heavy atom. The number of pyridine rings is 1. The lowest BCUT2D eigenvalue weighted by atomic mass is 9.94. The van der Waals surface area contributed by atoms with E-state index in [1.165, 1.54) is 0 Å². The van der Waals surface area contributed by atoms with E-state index in [4.69, 9.17) is 5.11 Å². The van der Waals surface area contributed by atoms with Crippen molar-refractivity contribution >= 4 is 5.91 Å². The molecular formula is C14H22N2O2. The minimum Gasteiger partial charge on any atom is -0.396 e. The SMILES string of the molecule is CCC(C)(CCO)NC(=O)CCc1ccccn1. The number of rotatable bonds is 7. The fourth-order valence-corrected chi connectivity index (χ4v) is 1.76. The van der Waals surface area contributed by atoms with Crippen molar-refractivity contribution in [2.24, 2.45) is 0 Å². The highest BCUT2D eigenvalue weighted by Crippen LogP contribution is 2.14. The summed E-state index contributed by atoms with van der Waals surface area (Å²) >= 11 is 0. The Bertz CT molecular complexity index is 367. The Hall–Kier alpha value is -1.42. The average molecular weight is 250 g/mol. The van der Waals surface area contributed by atoms with E-state index in [2.05, 4.69) is 10.3 Å². The summed E-state index contributed by atoms with van der Waals surface area (Å²) in [7, 11) is 0. The lowest BCUT2D eigenvalue weighted by molar-refractivity contribution is -0.123. The van der Waals surface area contributed by atoms with Gasteiger partial charge in [-0.25, -0.2) is 0 Å². The number of aromatic nitrogens is 1. The van der Waals surface area contributed by atoms with Crippen LogP contribution in [0.5, 0.6) is 0 Å². The fourth-order valence-electron chi connectivity index (χ4n) is 1.76. The molecule has 1 atom stereocenters. The molecule has 4 nitrogen and oxygen atoms in total. The van der Waals surface area contributed by atoms with Gasteiger partial charge in [0.1, 0.15) is 0 Å². The second-order valence-corrected chi connectivity index (χ2v) is 4.76. The van der Waals surface area contributed by atoms with E-state index in [1.54, 1.807) is 6.20 Å². The van der Waals surface area contributed by atoms with Gasteiger partial charge in [-0.15, -0.1) is 0 Å². The topological polar surface area (TPSA) is 62.2 Å². The van der Waals surface area contributed by atoms with Crippen molar-refractivity contribution in [3.63, 3.8) is 0 Å². The third-order valence-corrected chi connectivity index (χ3v) is 3.22. The molecule has 0 aliphatic heterocycles. The molecule has 4 heteroatoms. The summed E-state index contributed by atoms with van der Waals surface area (Å²) in [5, 5.41) is 12.0. The zero-order valence-electron chi connectivity index (χ0n) is 11.1. The molecule has 1 aromatic rings. The van der Waals surface area contributed by atoms with Crippen molar-refractivity contribution in [3.05, 3.63) is 30.1 Å². The normalized spacial score (nSPS) is 13.9. The highest BCUT2D eigenvalue weighted by Gasteiger charge is 2.23. The van der Waals surface area contributed by atoms with Crippen LogP contribution in [0.25, 0.3) is 0 Å². The first-order valence-electron chi connectivity index (χ1n) is 6.41. The molecule has 0 aliphatic rings. The van der Waals surface area contributed by atoms with Crippen LogP contribution < -0.4 is 5.32 Å². The minimum atomic E-state index is -0.310. The number of nitrogens with zero attached hydrogens (tertiary/aromatic N) is 1. The van der Waals surface area contributed by atoms with Crippen molar-refractivity contribution in [2.45, 2.75) is 45.1 Å². The van der Waals surface area contributed by atoms with Crippen LogP contribution in [-0.2, 0) is 11.2 Å². The van der Waals surface area contributed by atoms with Gasteiger partial charge in [0.15, 0.2) is 0 Å². The Morgan fingerprint density at radius 1 is 1.50 bits per heavy atom. The molecule has 0 saturated carbocycles. The van der Waals surface area contributed by atoms with Crippen LogP contribution in [-0.4, -0.2) is 28.1 Å². The minimum absolute atomic E-state index is 0.0125. The van der Waals surface area contributed by atoms with E-state index in [0.29, 0.717) is 19.3 Å². The van der Waals surface area contributed by atoms with Crippen LogP contribution in [0.2, 0.25) is 0 Å². The van der Waals surface area contributed by atoms with E-state index in [0.717, 1.165) is 12.1 Å². The first-order chi connectivity index (χ1) is 8.59. The highest BCUT2D eigenvalue weighted by atomic mass is 16.3. The van der Waals surface area contributed by atoms with Crippen LogP contribution in [0.1, 0.15) is 38.8 Å². The number of amides is 1. The molecule has 0 aromatic carbocycles. The third kappa shape index (κ3) is 4.84. The first kappa shape index (κ1) is 14.6. The Morgan fingerprint density at radius 3 is 2.83 bits per heavy atom. The second-order valence-electron chi connectivity index (χ2n) is 4.76. The zero-order valence-corrected chi connectivity index (χ0v) is 11.1. The predicted molar refractivity (Wildman–Crippen MR) is 71.1 cm³/mol. The summed E-state index contributed by atoms with van der Waals surface area (Å²) in [6.45, 7) is 4.06. The summed E-state index contributed by atoms with van der Waals surface area (Å²) in [5.41, 5.74) is 0.615. The fraction of sp³-hybridized carbons (Fsp3) is 0.571. The lowest BCUT2D eigenvalue weighted by Crippen LogP contribution is -2.46. The molecule has 1 aromatic heterocycles. The molecule has 1 heterocycles. The van der Waals surface area contributed by atoms with Crippen LogP contribution in [0.4, 0.5) is 0 Å². The molecule has 0 fully saturated rings. The Balaban J connectivity index is 2.41. The summed E-state index contributed by atoms with van der Waals surface area (Å²) in [6, 6.07) is 5.70. The molecule has 0 spiro atoms. The van der Waals surface area contributed by atoms with Gasteiger partial charge in [0.25, 0.3) is 0 Å². The molecule has 100 valence electrons. The van der Waals surface area contributed by atoms with Crippen LogP contribution >= 0.6 is 0 Å². The van der Waals surface area contributed by atoms with Gasteiger partial charge >= 0.3 is 0 Å². The molecule has 0 saturated heterocycles. The van der Waals surface area contributed by atoms with Crippen molar-refractivity contribution in [3.8, 4) is 0 Å². The maximum atomic E-state index is 11.8. The molecule has 2 N–H and O–H groups in total. The Kier molecular flexibility index (Phi) is 5.78. The van der Waals surface area contributed by atoms with Gasteiger partial charge in [-0.05, 0) is 38.3 Å². The van der Waals surface area contributed by atoms with Gasteiger partial charge in [-0.1, -0.05) is 13.0 Å². The van der Waals surface area contributed by atoms with Gasteiger partial charge in [-0.3, -0.25) is 9.78 Å². The van der Waals surface area contributed by atoms with E-state index in [9.17, 15) is 4.79 Å². The third-order valence-electron chi connectivity index (χ3n) is 3.22. The molecule has 1 unspecified atom stereocenters. The number of aliphatic hydroxyl groups is 1. The molecule has 0 radical (unpaired) electrons. The van der Waals surface area contributed by atoms with Crippen molar-refractivity contribution in [1.29, 1.82) is 0 Å². The van der Waals surface area contributed by atoms with Gasteiger partial charge in [0.05, 0.1) is 0 Å². The van der Waals surface area contributed by atoms with Crippen LogP contribution in [0.3, 0.4) is 0 Å². The van der Waals surface area contributed by atoms with Crippen LogP contribution in [0, 0.1) is 0 Å². The van der Waals surface area contributed by atoms with Crippen LogP contribution in [0.15, 0.2) is 24.4 Å². The number of carbonyl (C=O) groups excluding carboxylic acids is 1. The summed E-state index contributed by atoms with van der Waals surface area (Å²) < 4.78 is 0. The van der Waals surface area contributed by atoms with Gasteiger partial charge in [-0.2, -0.15) is 0 Å². The number of nitrogens with one attached hydrogen (secondary N) is 1. The standard InChI is InChI=1S/C14H22N2O2/c1-3-14(2,9-11-17)16-13(18)8-7-12-6-4-5-10-15-12/h4-6,10,17H,3,7-9,11H2,1-2H3,(H,16,18). The quantitative estimate of drug-likeness (QED) is 0.774. The van der Waals surface area contributed by atoms with Crippen molar-refractivity contribution in [1.82, 2.24) is 10.3 Å². The second kappa shape index (κ2) is 7.11. The average Bonchev–Trinajstić information content (AvgIpc) is 2.38. The number of hydrogen-bond donors (Lipinski definition) is 2. The van der Waals surface area contributed by atoms with Gasteiger partial charge in [0.2, 0.25) is 5.91 Å². The summed E-state index contributed by atoms with van der Waals surface area (Å²) in [6.07, 6.45) is 4.19. The molecule has 1 amide bonds. The smallest absolute Gasteiger partial charge is 0.220 e. The number of hydrogen-bond acceptors (Lipinski definition) is 3. The molecule has 0 bridgehead atoms. The monoisotopic (exact) mass is 250 g/mol. The maximum Gasteiger partial charge on any atom is 0.220 e. The van der Waals surface area contributed by atoms with E-state index in [-0.39, 0.29) is 18.1 Å². The number of aliphatic hydroxyl groups excluding tert-OH is 1. The molecule has 18 heavy (non-hydrogen) atoms. The zero-order chi connectivity index (χ0) is 13.4. The first-order valence-corrected chi connectivity index (χ1v) is 6.41. The number of aryl methyl sites for hydroxylation is 1. The van der Waals surface area contributed by atoms with Crippen molar-refractivity contribution in [2.75, 3.05) is 6.61 Å². The van der Waals surface area contributed by atoms with Gasteiger partial charge in [0, 0.05) is 30.5 Å². The molecule has 0 aliphatic carbocycles. The Labute approximate surface area is 108 Å². The summed E-state index contributed by atoms with van der Waals surface area (Å²) in [5.74, 6) is 0.0125. The lowest BCUT2D eigenvalue weighted by Gasteiger charge is -2.29. The van der Waals surface area contributed by atoms with E-state index < -0.39 is 0 Å². The molecular weight excluding hydrogens is 228 g/mol. The predicted octanol–water partition coefficient (Wildman–Crippen LogP) is 1.68. The van der Waals surface area contributed by atoms with E-state index in [1.807, 2.05) is 32.0 Å². The molecule has 1 rings (SSSR count). The largest absolute Gasteiger partial charge is 0.396 e. The highest BCUT2D eigenvalue weighted by molar-refractivity contribution is 5.76.